The van der Waals surface area contributed by atoms with Gasteiger partial charge in [-0.3, -0.25) is 0 Å². The number of fused-ring (bicyclic) bond motifs is 1. The summed E-state index contributed by atoms with van der Waals surface area (Å²) in [6, 6.07) is 6.55. The molecule has 2 aromatic rings. The number of benzene rings is 1. The first-order chi connectivity index (χ1) is 6.70. The van der Waals surface area contributed by atoms with Crippen molar-refractivity contribution in [2.75, 3.05) is 7.11 Å². The fourth-order valence-electron chi connectivity index (χ4n) is 1.28. The lowest BCUT2D eigenvalue weighted by Gasteiger charge is -2.03. The van der Waals surface area contributed by atoms with Crippen LogP contribution in [0.5, 0.6) is 5.75 Å². The molecule has 0 N–H and O–H groups in total. The lowest BCUT2D eigenvalue weighted by molar-refractivity contribution is 0.415. The van der Waals surface area contributed by atoms with Gasteiger partial charge in [0.25, 0.3) is 0 Å². The summed E-state index contributed by atoms with van der Waals surface area (Å²) in [6.45, 7) is 0. The van der Waals surface area contributed by atoms with Crippen molar-refractivity contribution in [3.05, 3.63) is 35.4 Å². The first-order valence-electron chi connectivity index (χ1n) is 4.00. The van der Waals surface area contributed by atoms with Crippen LogP contribution in [0.15, 0.2) is 24.3 Å². The fourth-order valence-corrected chi connectivity index (χ4v) is 1.53. The van der Waals surface area contributed by atoms with E-state index in [2.05, 4.69) is 4.98 Å². The van der Waals surface area contributed by atoms with Gasteiger partial charge in [-0.25, -0.2) is 4.98 Å². The van der Waals surface area contributed by atoms with E-state index in [-0.39, 0.29) is 5.15 Å². The number of rotatable bonds is 1. The lowest BCUT2D eigenvalue weighted by atomic mass is 10.2. The van der Waals surface area contributed by atoms with Crippen molar-refractivity contribution in [3.63, 3.8) is 0 Å². The van der Waals surface area contributed by atoms with Crippen LogP contribution >= 0.6 is 11.6 Å². The zero-order valence-electron chi connectivity index (χ0n) is 7.42. The van der Waals surface area contributed by atoms with E-state index in [1.165, 1.54) is 6.07 Å². The SMILES string of the molecule is COc1ccc2cc(F)nc(Cl)c2c1. The zero-order chi connectivity index (χ0) is 10.1. The molecule has 0 spiro atoms. The first-order valence-corrected chi connectivity index (χ1v) is 4.38. The molecule has 14 heavy (non-hydrogen) atoms. The third-order valence-electron chi connectivity index (χ3n) is 1.96. The van der Waals surface area contributed by atoms with Crippen LogP contribution in [0.1, 0.15) is 0 Å². The van der Waals surface area contributed by atoms with Gasteiger partial charge < -0.3 is 4.74 Å². The van der Waals surface area contributed by atoms with E-state index >= 15 is 0 Å². The molecule has 0 unspecified atom stereocenters. The summed E-state index contributed by atoms with van der Waals surface area (Å²) in [5.74, 6) is 0.0977. The minimum absolute atomic E-state index is 0.152. The maximum atomic E-state index is 12.9. The number of pyridine rings is 1. The largest absolute Gasteiger partial charge is 0.497 e. The van der Waals surface area contributed by atoms with Gasteiger partial charge >= 0.3 is 0 Å². The Kier molecular flexibility index (Phi) is 2.25. The van der Waals surface area contributed by atoms with Crippen LogP contribution in [0.4, 0.5) is 4.39 Å². The number of hydrogen-bond donors (Lipinski definition) is 0. The molecule has 0 aliphatic heterocycles. The van der Waals surface area contributed by atoms with E-state index in [0.717, 1.165) is 0 Å². The molecule has 0 fully saturated rings. The minimum Gasteiger partial charge on any atom is -0.497 e. The molecule has 0 amide bonds. The number of aromatic nitrogens is 1. The monoisotopic (exact) mass is 211 g/mol. The molecule has 4 heteroatoms. The molecule has 0 saturated carbocycles. The van der Waals surface area contributed by atoms with Gasteiger partial charge in [0.2, 0.25) is 5.95 Å². The van der Waals surface area contributed by atoms with Gasteiger partial charge in [0.05, 0.1) is 7.11 Å². The molecule has 72 valence electrons. The van der Waals surface area contributed by atoms with Crippen LogP contribution in [0.2, 0.25) is 5.15 Å². The topological polar surface area (TPSA) is 22.1 Å². The van der Waals surface area contributed by atoms with Gasteiger partial charge in [-0.15, -0.1) is 0 Å². The molecule has 1 aromatic carbocycles. The van der Waals surface area contributed by atoms with E-state index in [4.69, 9.17) is 16.3 Å². The number of methoxy groups -OCH3 is 1. The van der Waals surface area contributed by atoms with E-state index in [9.17, 15) is 4.39 Å². The Labute approximate surface area is 85.3 Å². The maximum absolute atomic E-state index is 12.9. The van der Waals surface area contributed by atoms with Crippen molar-refractivity contribution in [1.82, 2.24) is 4.98 Å². The highest BCUT2D eigenvalue weighted by molar-refractivity contribution is 6.34. The summed E-state index contributed by atoms with van der Waals surface area (Å²) in [4.78, 5) is 3.52. The summed E-state index contributed by atoms with van der Waals surface area (Å²) in [5, 5.41) is 1.55. The van der Waals surface area contributed by atoms with Crippen LogP contribution in [-0.2, 0) is 0 Å². The van der Waals surface area contributed by atoms with E-state index in [1.807, 2.05) is 0 Å². The molecule has 0 aliphatic carbocycles. The molecule has 0 bridgehead atoms. The second-order valence-electron chi connectivity index (χ2n) is 2.82. The minimum atomic E-state index is -0.576. The summed E-state index contributed by atoms with van der Waals surface area (Å²) in [6.07, 6.45) is 0. The van der Waals surface area contributed by atoms with Gasteiger partial charge in [-0.2, -0.15) is 4.39 Å². The second-order valence-corrected chi connectivity index (χ2v) is 3.18. The van der Waals surface area contributed by atoms with E-state index in [0.29, 0.717) is 16.5 Å². The quantitative estimate of drug-likeness (QED) is 0.677. The number of hydrogen-bond acceptors (Lipinski definition) is 2. The van der Waals surface area contributed by atoms with Gasteiger partial charge in [0.15, 0.2) is 0 Å². The Balaban J connectivity index is 2.75. The van der Waals surface area contributed by atoms with Gasteiger partial charge in [-0.05, 0) is 17.5 Å². The Hall–Kier alpha value is -1.35. The predicted octanol–water partition coefficient (Wildman–Crippen LogP) is 3.04. The van der Waals surface area contributed by atoms with E-state index < -0.39 is 5.95 Å². The van der Waals surface area contributed by atoms with Crippen LogP contribution in [-0.4, -0.2) is 12.1 Å². The molecule has 0 saturated heterocycles. The Morgan fingerprint density at radius 1 is 1.36 bits per heavy atom. The van der Waals surface area contributed by atoms with Gasteiger partial charge in [-0.1, -0.05) is 17.7 Å². The Morgan fingerprint density at radius 2 is 2.14 bits per heavy atom. The molecule has 1 heterocycles. The van der Waals surface area contributed by atoms with Crippen LogP contribution in [0.3, 0.4) is 0 Å². The van der Waals surface area contributed by atoms with Crippen molar-refractivity contribution in [2.45, 2.75) is 0 Å². The van der Waals surface area contributed by atoms with Crippen molar-refractivity contribution < 1.29 is 9.13 Å². The molecule has 2 nitrogen and oxygen atoms in total. The molecule has 0 radical (unpaired) electrons. The van der Waals surface area contributed by atoms with Crippen molar-refractivity contribution in [1.29, 1.82) is 0 Å². The Bertz CT molecular complexity index is 487. The summed E-state index contributed by atoms with van der Waals surface area (Å²) in [7, 11) is 1.56. The van der Waals surface area contributed by atoms with Crippen molar-refractivity contribution in [2.24, 2.45) is 0 Å². The average Bonchev–Trinajstić information content (AvgIpc) is 2.17. The highest BCUT2D eigenvalue weighted by Gasteiger charge is 2.04. The molecular formula is C10H7ClFNO. The zero-order valence-corrected chi connectivity index (χ0v) is 8.18. The van der Waals surface area contributed by atoms with Crippen molar-refractivity contribution in [3.8, 4) is 5.75 Å². The Morgan fingerprint density at radius 3 is 2.86 bits per heavy atom. The highest BCUT2D eigenvalue weighted by atomic mass is 35.5. The standard InChI is InChI=1S/C10H7ClFNO/c1-14-7-3-2-6-4-9(12)13-10(11)8(6)5-7/h2-5H,1H3. The maximum Gasteiger partial charge on any atom is 0.214 e. The van der Waals surface area contributed by atoms with Crippen LogP contribution in [0.25, 0.3) is 10.8 Å². The summed E-state index contributed by atoms with van der Waals surface area (Å²) in [5.41, 5.74) is 0. The third-order valence-corrected chi connectivity index (χ3v) is 2.25. The smallest absolute Gasteiger partial charge is 0.214 e. The van der Waals surface area contributed by atoms with Gasteiger partial charge in [0, 0.05) is 11.5 Å². The normalized spacial score (nSPS) is 10.5. The molecule has 1 aromatic heterocycles. The van der Waals surface area contributed by atoms with E-state index in [1.54, 1.807) is 25.3 Å². The molecular weight excluding hydrogens is 205 g/mol. The molecule has 0 atom stereocenters. The summed E-state index contributed by atoms with van der Waals surface area (Å²) >= 11 is 5.78. The molecule has 0 aliphatic rings. The van der Waals surface area contributed by atoms with Crippen molar-refractivity contribution >= 4 is 22.4 Å². The van der Waals surface area contributed by atoms with Gasteiger partial charge in [0.1, 0.15) is 10.9 Å². The highest BCUT2D eigenvalue weighted by Crippen LogP contribution is 2.26. The number of nitrogens with zero attached hydrogens (tertiary/aromatic N) is 1. The molecule has 2 rings (SSSR count). The summed E-state index contributed by atoms with van der Waals surface area (Å²) < 4.78 is 17.9. The number of halogens is 2. The van der Waals surface area contributed by atoms with Crippen LogP contribution < -0.4 is 4.74 Å². The number of ether oxygens (including phenoxy) is 1. The second kappa shape index (κ2) is 3.42. The average molecular weight is 212 g/mol. The lowest BCUT2D eigenvalue weighted by Crippen LogP contribution is -1.87. The third kappa shape index (κ3) is 1.51. The predicted molar refractivity (Wildman–Crippen MR) is 53.3 cm³/mol. The van der Waals surface area contributed by atoms with Crippen LogP contribution in [0, 0.1) is 5.95 Å². The fraction of sp³-hybridized carbons (Fsp3) is 0.100. The first kappa shape index (κ1) is 9.21.